The first-order chi connectivity index (χ1) is 17.5. The van der Waals surface area contributed by atoms with E-state index in [0.29, 0.717) is 36.5 Å². The van der Waals surface area contributed by atoms with Crippen molar-refractivity contribution in [1.29, 1.82) is 0 Å². The molecule has 10 nitrogen and oxygen atoms in total. The van der Waals surface area contributed by atoms with Gasteiger partial charge in [-0.1, -0.05) is 11.6 Å². The van der Waals surface area contributed by atoms with Gasteiger partial charge in [0, 0.05) is 26.3 Å². The van der Waals surface area contributed by atoms with Gasteiger partial charge in [0.25, 0.3) is 11.8 Å². The number of anilines is 1. The number of halogens is 4. The van der Waals surface area contributed by atoms with E-state index in [1.165, 1.54) is 12.4 Å². The molecule has 0 bridgehead atoms. The fourth-order valence-corrected chi connectivity index (χ4v) is 4.62. The Bertz CT molecular complexity index is 1290. The molecule has 4 rings (SSSR count). The number of ether oxygens (including phenoxy) is 1. The lowest BCUT2D eigenvalue weighted by atomic mass is 10.2. The summed E-state index contributed by atoms with van der Waals surface area (Å²) in [5, 5.41) is 5.01. The highest BCUT2D eigenvalue weighted by atomic mass is 35.5. The molecular formula is C22H23ClF3N7O3S. The van der Waals surface area contributed by atoms with Gasteiger partial charge in [-0.05, 0) is 13.0 Å². The van der Waals surface area contributed by atoms with Gasteiger partial charge in [0.2, 0.25) is 0 Å². The number of thiazole rings is 1. The zero-order valence-electron chi connectivity index (χ0n) is 19.8. The first-order valence-corrected chi connectivity index (χ1v) is 12.3. The molecule has 2 N–H and O–H groups in total. The largest absolute Gasteiger partial charge is 0.418 e. The number of alkyl halides is 3. The maximum Gasteiger partial charge on any atom is 0.418 e. The maximum atomic E-state index is 13.1. The minimum atomic E-state index is -4.69. The van der Waals surface area contributed by atoms with Crippen molar-refractivity contribution in [2.24, 2.45) is 7.05 Å². The summed E-state index contributed by atoms with van der Waals surface area (Å²) in [6.45, 7) is 5.22. The lowest BCUT2D eigenvalue weighted by Crippen LogP contribution is -2.36. The maximum absolute atomic E-state index is 13.1. The second-order valence-corrected chi connectivity index (χ2v) is 9.74. The van der Waals surface area contributed by atoms with Gasteiger partial charge in [-0.25, -0.2) is 15.0 Å². The molecule has 0 spiro atoms. The first kappa shape index (κ1) is 27.0. The summed E-state index contributed by atoms with van der Waals surface area (Å²) in [5.41, 5.74) is -0.733. The van der Waals surface area contributed by atoms with Gasteiger partial charge in [-0.2, -0.15) is 13.2 Å². The number of carbonyl (C=O) groups is 2. The van der Waals surface area contributed by atoms with Crippen LogP contribution < -0.4 is 10.6 Å². The van der Waals surface area contributed by atoms with E-state index < -0.39 is 28.7 Å². The summed E-state index contributed by atoms with van der Waals surface area (Å²) in [7, 11) is 1.77. The van der Waals surface area contributed by atoms with Crippen LogP contribution in [0.2, 0.25) is 5.02 Å². The SMILES string of the molecule is CC(NC(=O)c1cnc(CN2CCOCC2)n1C)c1ncc(C(=O)Nc2cc(C(F)(F)F)c(Cl)cn2)s1. The number of hydrogen-bond donors (Lipinski definition) is 2. The number of hydrogen-bond acceptors (Lipinski definition) is 8. The average Bonchev–Trinajstić information content (AvgIpc) is 3.48. The average molecular weight is 558 g/mol. The minimum absolute atomic E-state index is 0.134. The topological polar surface area (TPSA) is 114 Å². The summed E-state index contributed by atoms with van der Waals surface area (Å²) in [6.07, 6.45) is -1.08. The van der Waals surface area contributed by atoms with Crippen LogP contribution >= 0.6 is 22.9 Å². The van der Waals surface area contributed by atoms with E-state index in [4.69, 9.17) is 16.3 Å². The minimum Gasteiger partial charge on any atom is -0.379 e. The van der Waals surface area contributed by atoms with Crippen molar-refractivity contribution < 1.29 is 27.5 Å². The molecule has 0 saturated carbocycles. The molecule has 2 amide bonds. The summed E-state index contributed by atoms with van der Waals surface area (Å²) in [4.78, 5) is 40.0. The van der Waals surface area contributed by atoms with Gasteiger partial charge in [-0.3, -0.25) is 14.5 Å². The van der Waals surface area contributed by atoms with Crippen LogP contribution in [0.15, 0.2) is 24.7 Å². The van der Waals surface area contributed by atoms with Crippen molar-refractivity contribution in [3.63, 3.8) is 0 Å². The van der Waals surface area contributed by atoms with Gasteiger partial charge < -0.3 is 19.9 Å². The van der Waals surface area contributed by atoms with Gasteiger partial charge in [0.1, 0.15) is 27.2 Å². The number of nitrogens with one attached hydrogen (secondary N) is 2. The Morgan fingerprint density at radius 3 is 2.59 bits per heavy atom. The van der Waals surface area contributed by atoms with E-state index in [1.807, 2.05) is 0 Å². The predicted octanol–water partition coefficient (Wildman–Crippen LogP) is 3.52. The molecule has 1 aliphatic rings. The summed E-state index contributed by atoms with van der Waals surface area (Å²) in [6, 6.07) is 0.119. The van der Waals surface area contributed by atoms with Crippen molar-refractivity contribution in [3.05, 3.63) is 56.6 Å². The molecule has 4 heterocycles. The Balaban J connectivity index is 1.38. The Kier molecular flexibility index (Phi) is 8.11. The number of morpholine rings is 1. The van der Waals surface area contributed by atoms with Gasteiger partial charge >= 0.3 is 6.18 Å². The van der Waals surface area contributed by atoms with Crippen molar-refractivity contribution in [2.75, 3.05) is 31.6 Å². The van der Waals surface area contributed by atoms with Crippen LogP contribution in [0.25, 0.3) is 0 Å². The number of imidazole rings is 1. The number of nitrogens with zero attached hydrogens (tertiary/aromatic N) is 5. The van der Waals surface area contributed by atoms with E-state index in [-0.39, 0.29) is 16.6 Å². The predicted molar refractivity (Wildman–Crippen MR) is 130 cm³/mol. The Hall–Kier alpha value is -3.07. The molecule has 37 heavy (non-hydrogen) atoms. The molecule has 0 aromatic carbocycles. The van der Waals surface area contributed by atoms with Crippen LogP contribution in [-0.2, 0) is 24.5 Å². The summed E-state index contributed by atoms with van der Waals surface area (Å²) >= 11 is 6.56. The van der Waals surface area contributed by atoms with E-state index in [1.54, 1.807) is 18.5 Å². The van der Waals surface area contributed by atoms with Crippen molar-refractivity contribution >= 4 is 40.6 Å². The highest BCUT2D eigenvalue weighted by Gasteiger charge is 2.34. The standard InChI is InChI=1S/C22H23ClF3N7O3S/c1-12(30-19(34)15-9-28-18(32(15)2)11-33-3-5-36-6-4-33)21-29-10-16(37-21)20(35)31-17-7-13(22(24,25)26)14(23)8-27-17/h7-10,12H,3-6,11H2,1-2H3,(H,30,34)(H,27,31,35). The molecule has 0 radical (unpaired) electrons. The van der Waals surface area contributed by atoms with E-state index in [0.717, 1.165) is 36.4 Å². The Morgan fingerprint density at radius 2 is 1.89 bits per heavy atom. The molecule has 1 unspecified atom stereocenters. The van der Waals surface area contributed by atoms with Crippen LogP contribution in [-0.4, -0.2) is 62.5 Å². The third-order valence-corrected chi connectivity index (χ3v) is 7.13. The molecule has 198 valence electrons. The lowest BCUT2D eigenvalue weighted by Gasteiger charge is -2.26. The smallest absolute Gasteiger partial charge is 0.379 e. The van der Waals surface area contributed by atoms with Gasteiger partial charge in [0.15, 0.2) is 0 Å². The molecule has 3 aromatic heterocycles. The zero-order chi connectivity index (χ0) is 26.7. The Labute approximate surface area is 218 Å². The second kappa shape index (κ2) is 11.1. The quantitative estimate of drug-likeness (QED) is 0.457. The third kappa shape index (κ3) is 6.44. The zero-order valence-corrected chi connectivity index (χ0v) is 21.4. The number of aromatic nitrogens is 4. The Morgan fingerprint density at radius 1 is 1.16 bits per heavy atom. The van der Waals surface area contributed by atoms with Crippen LogP contribution in [0, 0.1) is 0 Å². The second-order valence-electron chi connectivity index (χ2n) is 8.27. The van der Waals surface area contributed by atoms with Crippen LogP contribution in [0.5, 0.6) is 0 Å². The van der Waals surface area contributed by atoms with E-state index in [9.17, 15) is 22.8 Å². The number of rotatable bonds is 7. The molecule has 0 aliphatic carbocycles. The fourth-order valence-electron chi connectivity index (χ4n) is 3.59. The third-order valence-electron chi connectivity index (χ3n) is 5.65. The monoisotopic (exact) mass is 557 g/mol. The fraction of sp³-hybridized carbons (Fsp3) is 0.409. The van der Waals surface area contributed by atoms with Crippen LogP contribution in [0.4, 0.5) is 19.0 Å². The van der Waals surface area contributed by atoms with Crippen molar-refractivity contribution in [1.82, 2.24) is 29.7 Å². The molecule has 1 aliphatic heterocycles. The molecule has 1 saturated heterocycles. The summed E-state index contributed by atoms with van der Waals surface area (Å²) in [5.74, 6) is -0.605. The number of carbonyl (C=O) groups excluding carboxylic acids is 2. The molecule has 3 aromatic rings. The van der Waals surface area contributed by atoms with Crippen LogP contribution in [0.1, 0.15) is 49.5 Å². The molecule has 15 heteroatoms. The molecular weight excluding hydrogens is 535 g/mol. The van der Waals surface area contributed by atoms with E-state index >= 15 is 0 Å². The molecule has 1 atom stereocenters. The van der Waals surface area contributed by atoms with Crippen molar-refractivity contribution in [2.45, 2.75) is 25.7 Å². The molecule has 1 fully saturated rings. The highest BCUT2D eigenvalue weighted by molar-refractivity contribution is 7.13. The number of pyridine rings is 1. The van der Waals surface area contributed by atoms with Crippen molar-refractivity contribution in [3.8, 4) is 0 Å². The lowest BCUT2D eigenvalue weighted by molar-refractivity contribution is -0.137. The first-order valence-electron chi connectivity index (χ1n) is 11.1. The highest BCUT2D eigenvalue weighted by Crippen LogP contribution is 2.35. The van der Waals surface area contributed by atoms with Gasteiger partial charge in [0.05, 0.1) is 48.8 Å². The van der Waals surface area contributed by atoms with Crippen LogP contribution in [0.3, 0.4) is 0 Å². The van der Waals surface area contributed by atoms with E-state index in [2.05, 4.69) is 30.5 Å². The normalized spacial score (nSPS) is 15.4. The van der Waals surface area contributed by atoms with Gasteiger partial charge in [-0.15, -0.1) is 11.3 Å². The summed E-state index contributed by atoms with van der Waals surface area (Å²) < 4.78 is 46.3. The number of amides is 2.